The van der Waals surface area contributed by atoms with E-state index in [9.17, 15) is 9.59 Å². The number of benzene rings is 3. The zero-order valence-corrected chi connectivity index (χ0v) is 33.2. The van der Waals surface area contributed by atoms with Crippen molar-refractivity contribution in [2.45, 2.75) is 84.7 Å². The van der Waals surface area contributed by atoms with Gasteiger partial charge in [-0.1, -0.05) is 44.5 Å². The lowest BCUT2D eigenvalue weighted by atomic mass is 9.84. The summed E-state index contributed by atoms with van der Waals surface area (Å²) in [5.41, 5.74) is 9.76. The van der Waals surface area contributed by atoms with Gasteiger partial charge in [0.15, 0.2) is 0 Å². The summed E-state index contributed by atoms with van der Waals surface area (Å²) < 4.78 is 0. The molecule has 2 amide bonds. The van der Waals surface area contributed by atoms with Gasteiger partial charge < -0.3 is 24.7 Å². The van der Waals surface area contributed by atoms with Crippen LogP contribution < -0.4 is 4.90 Å². The van der Waals surface area contributed by atoms with E-state index in [4.69, 9.17) is 9.97 Å². The van der Waals surface area contributed by atoms with Gasteiger partial charge in [-0.15, -0.1) is 11.3 Å². The van der Waals surface area contributed by atoms with E-state index in [2.05, 4.69) is 95.4 Å². The van der Waals surface area contributed by atoms with E-state index in [1.807, 2.05) is 9.80 Å². The van der Waals surface area contributed by atoms with Gasteiger partial charge in [0, 0.05) is 61.0 Å². The Labute approximate surface area is 327 Å². The summed E-state index contributed by atoms with van der Waals surface area (Å²) in [4.78, 5) is 50.6. The summed E-state index contributed by atoms with van der Waals surface area (Å²) in [5.74, 6) is 3.55. The second-order valence-corrected chi connectivity index (χ2v) is 17.1. The van der Waals surface area contributed by atoms with Gasteiger partial charge in [-0.2, -0.15) is 0 Å². The van der Waals surface area contributed by atoms with Crippen molar-refractivity contribution in [3.05, 3.63) is 78.4 Å². The van der Waals surface area contributed by atoms with Crippen LogP contribution in [0.25, 0.3) is 54.1 Å². The lowest BCUT2D eigenvalue weighted by Crippen LogP contribution is -2.35. The first-order valence-corrected chi connectivity index (χ1v) is 21.1. The molecule has 0 radical (unpaired) electrons. The molecule has 6 heterocycles. The van der Waals surface area contributed by atoms with Crippen molar-refractivity contribution in [2.24, 2.45) is 11.8 Å². The first kappa shape index (κ1) is 35.7. The van der Waals surface area contributed by atoms with Crippen LogP contribution >= 0.6 is 11.3 Å². The average molecular weight is 754 g/mol. The monoisotopic (exact) mass is 753 g/mol. The van der Waals surface area contributed by atoms with E-state index in [1.54, 1.807) is 25.2 Å². The summed E-state index contributed by atoms with van der Waals surface area (Å²) in [6.07, 6.45) is 7.62. The quantitative estimate of drug-likeness (QED) is 0.161. The van der Waals surface area contributed by atoms with Gasteiger partial charge in [0.2, 0.25) is 11.8 Å². The number of thiophene rings is 1. The van der Waals surface area contributed by atoms with Gasteiger partial charge in [-0.3, -0.25) is 9.59 Å². The van der Waals surface area contributed by atoms with Crippen LogP contribution in [-0.4, -0.2) is 67.7 Å². The predicted molar refractivity (Wildman–Crippen MR) is 223 cm³/mol. The molecule has 3 unspecified atom stereocenters. The number of nitrogens with one attached hydrogen (secondary N) is 2. The molecule has 3 saturated heterocycles. The molecule has 3 aromatic carbocycles. The summed E-state index contributed by atoms with van der Waals surface area (Å²) in [5, 5.41) is 0. The Morgan fingerprint density at radius 3 is 1.84 bits per heavy atom. The number of anilines is 1. The SMILES string of the molecule is CCC(C)C1CCN(c2ccc(-c3cc(-c4ccc5nc(C6CCCN6C(C)=O)[nH]c5c4)sc3-c3ccc4nc(C5CCCN5C(C)=O)[nH]c4c3)cc2)CC1. The van der Waals surface area contributed by atoms with Crippen molar-refractivity contribution < 1.29 is 9.59 Å². The van der Waals surface area contributed by atoms with E-state index < -0.39 is 0 Å². The third-order valence-corrected chi connectivity index (χ3v) is 14.0. The molecule has 55 heavy (non-hydrogen) atoms. The van der Waals surface area contributed by atoms with Crippen LogP contribution in [0, 0.1) is 11.8 Å². The van der Waals surface area contributed by atoms with Gasteiger partial charge in [0.1, 0.15) is 11.6 Å². The van der Waals surface area contributed by atoms with Gasteiger partial charge >= 0.3 is 0 Å². The molecule has 3 aromatic heterocycles. The fourth-order valence-electron chi connectivity index (χ4n) is 9.40. The van der Waals surface area contributed by atoms with E-state index in [1.165, 1.54) is 45.8 Å². The number of hydrogen-bond donors (Lipinski definition) is 2. The molecular formula is C45H51N7O2S. The van der Waals surface area contributed by atoms with Gasteiger partial charge in [0.05, 0.1) is 34.2 Å². The molecule has 10 heteroatoms. The number of H-pyrrole nitrogens is 2. The Balaban J connectivity index is 1.07. The Bertz CT molecular complexity index is 2370. The average Bonchev–Trinajstić information content (AvgIpc) is 4.05. The molecule has 3 aliphatic rings. The van der Waals surface area contributed by atoms with Crippen molar-refractivity contribution in [1.29, 1.82) is 0 Å². The fourth-order valence-corrected chi connectivity index (χ4v) is 10.6. The van der Waals surface area contributed by atoms with Crippen LogP contribution in [0.15, 0.2) is 66.7 Å². The van der Waals surface area contributed by atoms with Crippen molar-refractivity contribution in [3.63, 3.8) is 0 Å². The molecule has 9 nitrogen and oxygen atoms in total. The zero-order chi connectivity index (χ0) is 37.8. The molecule has 3 atom stereocenters. The van der Waals surface area contributed by atoms with Crippen LogP contribution in [0.5, 0.6) is 0 Å². The van der Waals surface area contributed by atoms with Gasteiger partial charge in [-0.25, -0.2) is 9.97 Å². The predicted octanol–water partition coefficient (Wildman–Crippen LogP) is 10.1. The summed E-state index contributed by atoms with van der Waals surface area (Å²) in [6.45, 7) is 11.8. The molecule has 6 aromatic rings. The number of carbonyl (C=O) groups is 2. The number of imidazole rings is 2. The number of aromatic amines is 2. The molecule has 0 aliphatic carbocycles. The maximum atomic E-state index is 12.4. The standard InChI is InChI=1S/C45H51N7O2S/c1-5-27(2)30-18-22-50(23-19-30)34-14-10-31(11-15-34)35-26-42(32-12-16-36-38(24-32)48-44(46-36)40-8-6-20-51(40)28(3)53)55-43(35)33-13-17-37-39(25-33)49-45(47-37)41-9-7-21-52(41)29(4)54/h10-17,24-27,30,40-41H,5-9,18-23H2,1-4H3,(H,46,48)(H,47,49). The van der Waals surface area contributed by atoms with Crippen LogP contribution in [-0.2, 0) is 9.59 Å². The van der Waals surface area contributed by atoms with Crippen LogP contribution in [0.1, 0.15) is 96.4 Å². The first-order chi connectivity index (χ1) is 26.7. The van der Waals surface area contributed by atoms with Gasteiger partial charge in [0.25, 0.3) is 0 Å². The highest BCUT2D eigenvalue weighted by Gasteiger charge is 2.32. The third-order valence-electron chi connectivity index (χ3n) is 12.8. The number of amides is 2. The summed E-state index contributed by atoms with van der Waals surface area (Å²) in [6, 6.07) is 24.5. The van der Waals surface area contributed by atoms with Crippen molar-refractivity contribution in [3.8, 4) is 32.0 Å². The zero-order valence-electron chi connectivity index (χ0n) is 32.4. The molecule has 3 fully saturated rings. The highest BCUT2D eigenvalue weighted by Crippen LogP contribution is 2.45. The maximum absolute atomic E-state index is 12.4. The smallest absolute Gasteiger partial charge is 0.220 e. The number of carbonyl (C=O) groups excluding carboxylic acids is 2. The number of hydrogen-bond acceptors (Lipinski definition) is 6. The number of piperidine rings is 1. The molecule has 0 spiro atoms. The van der Waals surface area contributed by atoms with Crippen molar-refractivity contribution in [2.75, 3.05) is 31.1 Å². The Kier molecular flexibility index (Phi) is 9.48. The van der Waals surface area contributed by atoms with E-state index >= 15 is 0 Å². The number of rotatable bonds is 8. The molecule has 2 N–H and O–H groups in total. The third kappa shape index (κ3) is 6.72. The molecule has 0 saturated carbocycles. The largest absolute Gasteiger partial charge is 0.372 e. The minimum atomic E-state index is -0.00582. The topological polar surface area (TPSA) is 101 Å². The number of nitrogens with zero attached hydrogens (tertiary/aromatic N) is 5. The molecular weight excluding hydrogens is 703 g/mol. The second-order valence-electron chi connectivity index (χ2n) is 16.1. The van der Waals surface area contributed by atoms with E-state index in [0.29, 0.717) is 0 Å². The van der Waals surface area contributed by atoms with Crippen molar-refractivity contribution in [1.82, 2.24) is 29.7 Å². The summed E-state index contributed by atoms with van der Waals surface area (Å²) in [7, 11) is 0. The Morgan fingerprint density at radius 2 is 1.27 bits per heavy atom. The highest BCUT2D eigenvalue weighted by molar-refractivity contribution is 7.19. The second kappa shape index (κ2) is 14.6. The minimum absolute atomic E-state index is 0.000326. The lowest BCUT2D eigenvalue weighted by molar-refractivity contribution is -0.130. The normalized spacial score (nSPS) is 20.0. The lowest BCUT2D eigenvalue weighted by Gasteiger charge is -2.36. The number of likely N-dealkylation sites (tertiary alicyclic amines) is 2. The first-order valence-electron chi connectivity index (χ1n) is 20.3. The Morgan fingerprint density at radius 1 is 0.727 bits per heavy atom. The fraction of sp³-hybridized carbons (Fsp3) is 0.422. The number of aromatic nitrogens is 4. The van der Waals surface area contributed by atoms with Gasteiger partial charge in [-0.05, 0) is 110 Å². The summed E-state index contributed by atoms with van der Waals surface area (Å²) >= 11 is 1.80. The van der Waals surface area contributed by atoms with Crippen LogP contribution in [0.4, 0.5) is 5.69 Å². The minimum Gasteiger partial charge on any atom is -0.372 e. The highest BCUT2D eigenvalue weighted by atomic mass is 32.1. The van der Waals surface area contributed by atoms with Crippen LogP contribution in [0.2, 0.25) is 0 Å². The van der Waals surface area contributed by atoms with Crippen molar-refractivity contribution >= 4 is 50.9 Å². The van der Waals surface area contributed by atoms with E-state index in [0.717, 1.165) is 109 Å². The molecule has 9 rings (SSSR count). The maximum Gasteiger partial charge on any atom is 0.220 e. The van der Waals surface area contributed by atoms with Crippen LogP contribution in [0.3, 0.4) is 0 Å². The Hall–Kier alpha value is -4.96. The molecule has 3 aliphatic heterocycles. The molecule has 284 valence electrons. The molecule has 0 bridgehead atoms. The van der Waals surface area contributed by atoms with E-state index in [-0.39, 0.29) is 23.9 Å². The number of fused-ring (bicyclic) bond motifs is 2.